The SMILES string of the molecule is CCCC1CCC(NCC)C(Cc2nc(C)c(C)s2)C1. The van der Waals surface area contributed by atoms with Crippen LogP contribution >= 0.6 is 11.3 Å². The first kappa shape index (κ1) is 16.0. The van der Waals surface area contributed by atoms with Crippen LogP contribution in [0, 0.1) is 25.7 Å². The number of thiazole rings is 1. The van der Waals surface area contributed by atoms with Crippen molar-refractivity contribution in [3.05, 3.63) is 15.6 Å². The van der Waals surface area contributed by atoms with Crippen LogP contribution in [0.15, 0.2) is 0 Å². The number of hydrogen-bond donors (Lipinski definition) is 1. The zero-order chi connectivity index (χ0) is 14.5. The first-order valence-electron chi connectivity index (χ1n) is 8.30. The third-order valence-electron chi connectivity index (χ3n) is 4.76. The Balaban J connectivity index is 2.02. The minimum Gasteiger partial charge on any atom is -0.314 e. The summed E-state index contributed by atoms with van der Waals surface area (Å²) < 4.78 is 0. The number of nitrogens with one attached hydrogen (secondary N) is 1. The molecule has 3 heteroatoms. The molecule has 20 heavy (non-hydrogen) atoms. The lowest BCUT2D eigenvalue weighted by Gasteiger charge is -2.36. The third kappa shape index (κ3) is 4.05. The molecular weight excluding hydrogens is 264 g/mol. The molecular formula is C17H30N2S. The number of rotatable bonds is 6. The Morgan fingerprint density at radius 1 is 1.25 bits per heavy atom. The minimum absolute atomic E-state index is 0.706. The van der Waals surface area contributed by atoms with E-state index in [9.17, 15) is 0 Å². The van der Waals surface area contributed by atoms with Crippen molar-refractivity contribution in [3.63, 3.8) is 0 Å². The maximum absolute atomic E-state index is 4.76. The van der Waals surface area contributed by atoms with Gasteiger partial charge >= 0.3 is 0 Å². The maximum Gasteiger partial charge on any atom is 0.0934 e. The lowest BCUT2D eigenvalue weighted by Crippen LogP contribution is -2.41. The van der Waals surface area contributed by atoms with Crippen molar-refractivity contribution in [3.8, 4) is 0 Å². The van der Waals surface area contributed by atoms with Gasteiger partial charge in [0.15, 0.2) is 0 Å². The second kappa shape index (κ2) is 7.56. The van der Waals surface area contributed by atoms with Crippen LogP contribution in [0.5, 0.6) is 0 Å². The van der Waals surface area contributed by atoms with Crippen molar-refractivity contribution in [1.82, 2.24) is 10.3 Å². The number of nitrogens with zero attached hydrogens (tertiary/aromatic N) is 1. The quantitative estimate of drug-likeness (QED) is 0.835. The van der Waals surface area contributed by atoms with Gasteiger partial charge in [-0.2, -0.15) is 0 Å². The largest absolute Gasteiger partial charge is 0.314 e. The standard InChI is InChI=1S/C17H30N2S/c1-5-7-14-8-9-16(18-6-2)15(10-14)11-17-19-12(3)13(4)20-17/h14-16,18H,5-11H2,1-4H3. The van der Waals surface area contributed by atoms with Gasteiger partial charge in [-0.05, 0) is 51.5 Å². The molecule has 2 rings (SSSR count). The third-order valence-corrected chi connectivity index (χ3v) is 5.86. The fraction of sp³-hybridized carbons (Fsp3) is 0.824. The van der Waals surface area contributed by atoms with Gasteiger partial charge < -0.3 is 5.32 Å². The van der Waals surface area contributed by atoms with Crippen LogP contribution in [-0.4, -0.2) is 17.6 Å². The molecule has 0 amide bonds. The van der Waals surface area contributed by atoms with E-state index in [0.29, 0.717) is 6.04 Å². The van der Waals surface area contributed by atoms with E-state index in [-0.39, 0.29) is 0 Å². The van der Waals surface area contributed by atoms with Crippen LogP contribution in [0.1, 0.15) is 61.5 Å². The second-order valence-electron chi connectivity index (χ2n) is 6.35. The molecule has 0 radical (unpaired) electrons. The molecule has 0 saturated heterocycles. The van der Waals surface area contributed by atoms with E-state index in [2.05, 4.69) is 33.0 Å². The first-order valence-corrected chi connectivity index (χ1v) is 9.11. The van der Waals surface area contributed by atoms with E-state index < -0.39 is 0 Å². The van der Waals surface area contributed by atoms with Gasteiger partial charge in [-0.15, -0.1) is 11.3 Å². The molecule has 1 N–H and O–H groups in total. The van der Waals surface area contributed by atoms with Gasteiger partial charge in [-0.25, -0.2) is 4.98 Å². The van der Waals surface area contributed by atoms with Crippen molar-refractivity contribution in [2.45, 2.75) is 72.3 Å². The van der Waals surface area contributed by atoms with E-state index in [0.717, 1.165) is 18.4 Å². The molecule has 3 unspecified atom stereocenters. The van der Waals surface area contributed by atoms with Crippen LogP contribution in [0.2, 0.25) is 0 Å². The van der Waals surface area contributed by atoms with Crippen molar-refractivity contribution in [1.29, 1.82) is 0 Å². The molecule has 1 aromatic rings. The molecule has 114 valence electrons. The zero-order valence-corrected chi connectivity index (χ0v) is 14.4. The fourth-order valence-corrected chi connectivity index (χ4v) is 4.67. The second-order valence-corrected chi connectivity index (χ2v) is 7.63. The maximum atomic E-state index is 4.76. The fourth-order valence-electron chi connectivity index (χ4n) is 3.64. The molecule has 0 spiro atoms. The highest BCUT2D eigenvalue weighted by molar-refractivity contribution is 7.11. The Bertz CT molecular complexity index is 394. The number of aryl methyl sites for hydroxylation is 2. The van der Waals surface area contributed by atoms with Gasteiger partial charge in [-0.3, -0.25) is 0 Å². The Kier molecular flexibility index (Phi) is 6.03. The highest BCUT2D eigenvalue weighted by Crippen LogP contribution is 2.35. The average Bonchev–Trinajstić information content (AvgIpc) is 2.72. The summed E-state index contributed by atoms with van der Waals surface area (Å²) in [4.78, 5) is 6.15. The monoisotopic (exact) mass is 294 g/mol. The Morgan fingerprint density at radius 2 is 2.05 bits per heavy atom. The molecule has 1 aromatic heterocycles. The van der Waals surface area contributed by atoms with Crippen LogP contribution in [-0.2, 0) is 6.42 Å². The van der Waals surface area contributed by atoms with Crippen molar-refractivity contribution in [2.24, 2.45) is 11.8 Å². The highest BCUT2D eigenvalue weighted by Gasteiger charge is 2.30. The summed E-state index contributed by atoms with van der Waals surface area (Å²) in [6, 6.07) is 0.706. The van der Waals surface area contributed by atoms with Gasteiger partial charge in [0.05, 0.1) is 10.7 Å². The number of hydrogen-bond acceptors (Lipinski definition) is 3. The van der Waals surface area contributed by atoms with Crippen LogP contribution in [0.3, 0.4) is 0 Å². The lowest BCUT2D eigenvalue weighted by atomic mass is 9.75. The van der Waals surface area contributed by atoms with Gasteiger partial charge in [0.1, 0.15) is 0 Å². The Labute approximate surface area is 128 Å². The van der Waals surface area contributed by atoms with Gasteiger partial charge in [0.2, 0.25) is 0 Å². The predicted octanol–water partition coefficient (Wildman–Crippen LogP) is 4.50. The van der Waals surface area contributed by atoms with E-state index >= 15 is 0 Å². The predicted molar refractivity (Wildman–Crippen MR) is 88.5 cm³/mol. The summed E-state index contributed by atoms with van der Waals surface area (Å²) in [5.41, 5.74) is 1.23. The Hall–Kier alpha value is -0.410. The smallest absolute Gasteiger partial charge is 0.0934 e. The normalized spacial score (nSPS) is 26.9. The lowest BCUT2D eigenvalue weighted by molar-refractivity contribution is 0.195. The van der Waals surface area contributed by atoms with Gasteiger partial charge in [0, 0.05) is 17.3 Å². The molecule has 1 heterocycles. The topological polar surface area (TPSA) is 24.9 Å². The summed E-state index contributed by atoms with van der Waals surface area (Å²) in [6.07, 6.45) is 8.08. The molecule has 3 atom stereocenters. The average molecular weight is 295 g/mol. The van der Waals surface area contributed by atoms with Crippen molar-refractivity contribution < 1.29 is 0 Å². The van der Waals surface area contributed by atoms with Gasteiger partial charge in [-0.1, -0.05) is 26.7 Å². The van der Waals surface area contributed by atoms with Crippen LogP contribution in [0.25, 0.3) is 0 Å². The van der Waals surface area contributed by atoms with Crippen molar-refractivity contribution >= 4 is 11.3 Å². The van der Waals surface area contributed by atoms with Crippen molar-refractivity contribution in [2.75, 3.05) is 6.54 Å². The summed E-state index contributed by atoms with van der Waals surface area (Å²) >= 11 is 1.90. The van der Waals surface area contributed by atoms with E-state index in [4.69, 9.17) is 4.98 Å². The summed E-state index contributed by atoms with van der Waals surface area (Å²) in [6.45, 7) is 9.97. The molecule has 1 aliphatic carbocycles. The summed E-state index contributed by atoms with van der Waals surface area (Å²) in [5.74, 6) is 1.73. The van der Waals surface area contributed by atoms with E-state index in [1.807, 2.05) is 11.3 Å². The molecule has 1 fully saturated rings. The van der Waals surface area contributed by atoms with Crippen LogP contribution in [0.4, 0.5) is 0 Å². The van der Waals surface area contributed by atoms with E-state index in [1.54, 1.807) is 0 Å². The zero-order valence-electron chi connectivity index (χ0n) is 13.5. The first-order chi connectivity index (χ1) is 9.63. The molecule has 0 bridgehead atoms. The molecule has 0 aliphatic heterocycles. The summed E-state index contributed by atoms with van der Waals surface area (Å²) in [7, 11) is 0. The molecule has 1 aliphatic rings. The Morgan fingerprint density at radius 3 is 2.65 bits per heavy atom. The summed E-state index contributed by atoms with van der Waals surface area (Å²) in [5, 5.41) is 5.07. The molecule has 1 saturated carbocycles. The van der Waals surface area contributed by atoms with Gasteiger partial charge in [0.25, 0.3) is 0 Å². The minimum atomic E-state index is 0.706. The molecule has 2 nitrogen and oxygen atoms in total. The number of aromatic nitrogens is 1. The van der Waals surface area contributed by atoms with E-state index in [1.165, 1.54) is 54.1 Å². The van der Waals surface area contributed by atoms with Crippen LogP contribution < -0.4 is 5.32 Å². The molecule has 0 aromatic carbocycles. The highest BCUT2D eigenvalue weighted by atomic mass is 32.1.